The summed E-state index contributed by atoms with van der Waals surface area (Å²) in [5, 5.41) is 4.99. The van der Waals surface area contributed by atoms with E-state index >= 15 is 0 Å². The number of halogens is 1. The van der Waals surface area contributed by atoms with E-state index in [0.29, 0.717) is 0 Å². The van der Waals surface area contributed by atoms with Crippen LogP contribution in [0.25, 0.3) is 0 Å². The van der Waals surface area contributed by atoms with E-state index in [9.17, 15) is 4.79 Å². The number of thioether (sulfide) groups is 1. The number of hydrogen-bond acceptors (Lipinski definition) is 4. The Labute approximate surface area is 111 Å². The zero-order valence-electron chi connectivity index (χ0n) is 9.65. The Morgan fingerprint density at radius 1 is 1.62 bits per heavy atom. The lowest BCUT2D eigenvalue weighted by molar-refractivity contribution is 0.0798. The van der Waals surface area contributed by atoms with Gasteiger partial charge >= 0.3 is 0 Å². The number of hydrogen-bond donors (Lipinski definition) is 1. The zero-order valence-corrected chi connectivity index (χ0v) is 12.1. The molecule has 0 unspecified atom stereocenters. The van der Waals surface area contributed by atoms with E-state index in [1.165, 1.54) is 11.3 Å². The summed E-state index contributed by atoms with van der Waals surface area (Å²) in [5.41, 5.74) is 0. The van der Waals surface area contributed by atoms with Gasteiger partial charge in [0.2, 0.25) is 0 Å². The number of thiophene rings is 1. The number of carbonyl (C=O) groups excluding carboxylic acids is 1. The molecule has 0 spiro atoms. The first kappa shape index (κ1) is 15.8. The highest BCUT2D eigenvalue weighted by atomic mass is 35.5. The van der Waals surface area contributed by atoms with Gasteiger partial charge in [0.15, 0.2) is 0 Å². The monoisotopic (exact) mass is 280 g/mol. The first-order chi connectivity index (χ1) is 7.20. The van der Waals surface area contributed by atoms with Gasteiger partial charge in [-0.1, -0.05) is 0 Å². The summed E-state index contributed by atoms with van der Waals surface area (Å²) in [5.74, 6) is 0.115. The molecule has 1 amide bonds. The minimum atomic E-state index is 0. The molecular formula is C10H17ClN2OS2. The maximum absolute atomic E-state index is 12.0. The lowest BCUT2D eigenvalue weighted by atomic mass is 10.4. The van der Waals surface area contributed by atoms with Crippen molar-refractivity contribution in [3.63, 3.8) is 0 Å². The number of nitrogens with zero attached hydrogens (tertiary/aromatic N) is 1. The quantitative estimate of drug-likeness (QED) is 0.839. The molecule has 1 aromatic heterocycles. The number of rotatable bonds is 5. The third-order valence-corrected chi connectivity index (χ3v) is 3.90. The molecule has 0 aromatic carbocycles. The van der Waals surface area contributed by atoms with Crippen molar-refractivity contribution >= 4 is 41.4 Å². The third-order valence-electron chi connectivity index (χ3n) is 2.09. The van der Waals surface area contributed by atoms with Gasteiger partial charge in [-0.2, -0.15) is 0 Å². The molecule has 0 aliphatic rings. The Morgan fingerprint density at radius 3 is 2.88 bits per heavy atom. The van der Waals surface area contributed by atoms with E-state index < -0.39 is 0 Å². The molecule has 6 heteroatoms. The molecule has 0 saturated carbocycles. The second-order valence-corrected chi connectivity index (χ2v) is 4.91. The van der Waals surface area contributed by atoms with Crippen molar-refractivity contribution in [2.75, 3.05) is 33.4 Å². The van der Waals surface area contributed by atoms with Gasteiger partial charge in [0, 0.05) is 25.0 Å². The smallest absolute Gasteiger partial charge is 0.264 e. The summed E-state index contributed by atoms with van der Waals surface area (Å²) in [7, 11) is 3.72. The zero-order chi connectivity index (χ0) is 11.3. The minimum Gasteiger partial charge on any atom is -0.340 e. The van der Waals surface area contributed by atoms with Crippen LogP contribution in [0, 0.1) is 0 Å². The predicted octanol–water partition coefficient (Wildman–Crippen LogP) is 2.18. The van der Waals surface area contributed by atoms with Crippen LogP contribution in [0.5, 0.6) is 0 Å². The first-order valence-corrected chi connectivity index (χ1v) is 6.82. The fourth-order valence-corrected chi connectivity index (χ4v) is 2.91. The first-order valence-electron chi connectivity index (χ1n) is 4.72. The summed E-state index contributed by atoms with van der Waals surface area (Å²) < 4.78 is 0. The van der Waals surface area contributed by atoms with Crippen LogP contribution in [-0.4, -0.2) is 44.2 Å². The Balaban J connectivity index is 0.00000225. The molecule has 1 rings (SSSR count). The summed E-state index contributed by atoms with van der Waals surface area (Å²) in [6.45, 7) is 1.56. The van der Waals surface area contributed by atoms with Crippen molar-refractivity contribution in [1.29, 1.82) is 0 Å². The van der Waals surface area contributed by atoms with Crippen LogP contribution < -0.4 is 5.32 Å². The highest BCUT2D eigenvalue weighted by Gasteiger charge is 2.16. The molecule has 1 heterocycles. The van der Waals surface area contributed by atoms with Crippen molar-refractivity contribution in [2.45, 2.75) is 4.90 Å². The number of nitrogens with one attached hydrogen (secondary N) is 1. The Morgan fingerprint density at radius 2 is 2.31 bits per heavy atom. The molecule has 16 heavy (non-hydrogen) atoms. The molecule has 0 aliphatic heterocycles. The fourth-order valence-electron chi connectivity index (χ4n) is 1.17. The van der Waals surface area contributed by atoms with Crippen LogP contribution in [0.3, 0.4) is 0 Å². The average molecular weight is 281 g/mol. The van der Waals surface area contributed by atoms with Crippen LogP contribution >= 0.6 is 35.5 Å². The lowest BCUT2D eigenvalue weighted by Gasteiger charge is -2.16. The Bertz CT molecular complexity index is 330. The standard InChI is InChI=1S/C10H16N2OS2.ClH/c1-11-5-6-12(2)10(13)9-8(14-3)4-7-15-9;/h4,7,11H,5-6H2,1-3H3;1H. The number of amides is 1. The molecule has 0 aliphatic carbocycles. The van der Waals surface area contributed by atoms with Crippen LogP contribution in [0.2, 0.25) is 0 Å². The second kappa shape index (κ2) is 7.95. The predicted molar refractivity (Wildman–Crippen MR) is 74.2 cm³/mol. The molecule has 0 saturated heterocycles. The summed E-state index contributed by atoms with van der Waals surface area (Å²) in [6.07, 6.45) is 1.99. The summed E-state index contributed by atoms with van der Waals surface area (Å²) in [6, 6.07) is 1.99. The average Bonchev–Trinajstić information content (AvgIpc) is 2.72. The Hall–Kier alpha value is -0.230. The van der Waals surface area contributed by atoms with Gasteiger partial charge in [-0.15, -0.1) is 35.5 Å². The van der Waals surface area contributed by atoms with Gasteiger partial charge in [-0.25, -0.2) is 0 Å². The number of likely N-dealkylation sites (N-methyl/N-ethyl adjacent to an activating group) is 2. The topological polar surface area (TPSA) is 32.3 Å². The largest absolute Gasteiger partial charge is 0.340 e. The van der Waals surface area contributed by atoms with Crippen molar-refractivity contribution < 1.29 is 4.79 Å². The molecule has 0 fully saturated rings. The van der Waals surface area contributed by atoms with Crippen LogP contribution in [0.15, 0.2) is 16.3 Å². The van der Waals surface area contributed by atoms with Crippen LogP contribution in [-0.2, 0) is 0 Å². The van der Waals surface area contributed by atoms with Gasteiger partial charge in [0.25, 0.3) is 5.91 Å². The van der Waals surface area contributed by atoms with Gasteiger partial charge < -0.3 is 10.2 Å². The maximum Gasteiger partial charge on any atom is 0.264 e. The van der Waals surface area contributed by atoms with E-state index in [1.807, 2.05) is 31.8 Å². The molecule has 0 atom stereocenters. The van der Waals surface area contributed by atoms with Crippen LogP contribution in [0.4, 0.5) is 0 Å². The molecule has 1 aromatic rings. The SMILES string of the molecule is CNCCN(C)C(=O)c1sccc1SC.Cl. The normalized spacial score (nSPS) is 9.69. The summed E-state index contributed by atoms with van der Waals surface area (Å²) >= 11 is 3.13. The summed E-state index contributed by atoms with van der Waals surface area (Å²) in [4.78, 5) is 15.7. The fraction of sp³-hybridized carbons (Fsp3) is 0.500. The number of carbonyl (C=O) groups is 1. The van der Waals surface area contributed by atoms with Gasteiger partial charge in [-0.05, 0) is 24.7 Å². The molecule has 0 radical (unpaired) electrons. The van der Waals surface area contributed by atoms with E-state index in [0.717, 1.165) is 22.9 Å². The van der Waals surface area contributed by atoms with E-state index in [2.05, 4.69) is 5.32 Å². The van der Waals surface area contributed by atoms with Crippen molar-refractivity contribution in [2.24, 2.45) is 0 Å². The van der Waals surface area contributed by atoms with Gasteiger partial charge in [0.1, 0.15) is 4.88 Å². The van der Waals surface area contributed by atoms with E-state index in [1.54, 1.807) is 16.7 Å². The minimum absolute atomic E-state index is 0. The lowest BCUT2D eigenvalue weighted by Crippen LogP contribution is -2.32. The maximum atomic E-state index is 12.0. The van der Waals surface area contributed by atoms with Crippen molar-refractivity contribution in [3.8, 4) is 0 Å². The highest BCUT2D eigenvalue weighted by Crippen LogP contribution is 2.26. The molecule has 92 valence electrons. The second-order valence-electron chi connectivity index (χ2n) is 3.15. The van der Waals surface area contributed by atoms with Gasteiger partial charge in [0.05, 0.1) is 0 Å². The third kappa shape index (κ3) is 3.97. The highest BCUT2D eigenvalue weighted by molar-refractivity contribution is 7.98. The van der Waals surface area contributed by atoms with Crippen molar-refractivity contribution in [3.05, 3.63) is 16.3 Å². The molecule has 1 N–H and O–H groups in total. The molecule has 3 nitrogen and oxygen atoms in total. The molecular weight excluding hydrogens is 264 g/mol. The van der Waals surface area contributed by atoms with Crippen LogP contribution in [0.1, 0.15) is 9.67 Å². The van der Waals surface area contributed by atoms with E-state index in [-0.39, 0.29) is 18.3 Å². The molecule has 0 bridgehead atoms. The van der Waals surface area contributed by atoms with E-state index in [4.69, 9.17) is 0 Å². The Kier molecular flexibility index (Phi) is 7.83. The van der Waals surface area contributed by atoms with Crippen molar-refractivity contribution in [1.82, 2.24) is 10.2 Å². The van der Waals surface area contributed by atoms with Gasteiger partial charge in [-0.3, -0.25) is 4.79 Å².